The fraction of sp³-hybridized carbons (Fsp3) is 0.462. The molecule has 3 aromatic rings. The molecule has 0 aliphatic rings. The zero-order valence-corrected chi connectivity index (χ0v) is 18.8. The zero-order valence-electron chi connectivity index (χ0n) is 18.8. The van der Waals surface area contributed by atoms with Gasteiger partial charge in [-0.1, -0.05) is 48.5 Å². The first kappa shape index (κ1) is 20.5. The summed E-state index contributed by atoms with van der Waals surface area (Å²) in [6, 6.07) is 19.7. The van der Waals surface area contributed by atoms with Gasteiger partial charge in [0.1, 0.15) is 0 Å². The monoisotopic (exact) mass is 376 g/mol. The van der Waals surface area contributed by atoms with Gasteiger partial charge in [-0.25, -0.2) is 0 Å². The van der Waals surface area contributed by atoms with Crippen molar-refractivity contribution in [2.75, 3.05) is 9.80 Å². The van der Waals surface area contributed by atoms with E-state index in [2.05, 4.69) is 114 Å². The lowest BCUT2D eigenvalue weighted by molar-refractivity contribution is 0.609. The van der Waals surface area contributed by atoms with Crippen molar-refractivity contribution in [1.82, 2.24) is 0 Å². The van der Waals surface area contributed by atoms with Crippen molar-refractivity contribution in [3.63, 3.8) is 0 Å². The predicted octanol–water partition coefficient (Wildman–Crippen LogP) is 7.24. The van der Waals surface area contributed by atoms with Gasteiger partial charge in [-0.2, -0.15) is 0 Å². The third-order valence-electron chi connectivity index (χ3n) is 5.62. The fourth-order valence-electron chi connectivity index (χ4n) is 4.86. The molecule has 0 atom stereocenters. The molecule has 0 heterocycles. The van der Waals surface area contributed by atoms with Crippen LogP contribution in [0.2, 0.25) is 0 Å². The third-order valence-corrected chi connectivity index (χ3v) is 5.62. The largest absolute Gasteiger partial charge is 0.366 e. The fourth-order valence-corrected chi connectivity index (χ4v) is 4.86. The maximum Gasteiger partial charge on any atom is 0.0531 e. The van der Waals surface area contributed by atoms with E-state index in [0.717, 1.165) is 0 Å². The molecule has 0 amide bonds. The van der Waals surface area contributed by atoms with Crippen LogP contribution in [-0.4, -0.2) is 24.2 Å². The second kappa shape index (κ2) is 8.03. The number of fused-ring (bicyclic) bond motifs is 2. The van der Waals surface area contributed by atoms with Crippen LogP contribution in [0.1, 0.15) is 55.4 Å². The van der Waals surface area contributed by atoms with E-state index < -0.39 is 0 Å². The van der Waals surface area contributed by atoms with E-state index in [1.54, 1.807) is 0 Å². The van der Waals surface area contributed by atoms with E-state index >= 15 is 0 Å². The molecule has 28 heavy (non-hydrogen) atoms. The molecule has 0 bridgehead atoms. The first-order valence-electron chi connectivity index (χ1n) is 10.8. The standard InChI is InChI=1S/C26H36N2/c1-17(2)27(18(3)4)25-21-13-9-11-15-23(21)26(28(19(5)6)20(7)8)24-16-12-10-14-22(24)25/h9-20H,1-8H3. The summed E-state index contributed by atoms with van der Waals surface area (Å²) in [6.45, 7) is 18.4. The van der Waals surface area contributed by atoms with Crippen molar-refractivity contribution in [2.45, 2.75) is 79.6 Å². The third kappa shape index (κ3) is 3.45. The smallest absolute Gasteiger partial charge is 0.0531 e. The quantitative estimate of drug-likeness (QED) is 0.330. The number of benzene rings is 3. The number of nitrogens with zero attached hydrogens (tertiary/aromatic N) is 2. The number of hydrogen-bond acceptors (Lipinski definition) is 2. The molecular formula is C26H36N2. The summed E-state index contributed by atoms with van der Waals surface area (Å²) in [5.74, 6) is 0. The van der Waals surface area contributed by atoms with E-state index in [9.17, 15) is 0 Å². The molecule has 0 N–H and O–H groups in total. The van der Waals surface area contributed by atoms with Crippen LogP contribution in [0, 0.1) is 0 Å². The Kier molecular flexibility index (Phi) is 5.88. The topological polar surface area (TPSA) is 6.48 Å². The minimum Gasteiger partial charge on any atom is -0.366 e. The lowest BCUT2D eigenvalue weighted by Crippen LogP contribution is -2.38. The molecule has 3 aromatic carbocycles. The van der Waals surface area contributed by atoms with Crippen molar-refractivity contribution in [2.24, 2.45) is 0 Å². The predicted molar refractivity (Wildman–Crippen MR) is 127 cm³/mol. The van der Waals surface area contributed by atoms with Gasteiger partial charge in [0, 0.05) is 45.7 Å². The molecule has 0 saturated heterocycles. The SMILES string of the molecule is CC(C)N(c1c2ccccc2c(N(C(C)C)C(C)C)c2ccccc12)C(C)C. The molecule has 0 aromatic heterocycles. The van der Waals surface area contributed by atoms with Crippen LogP contribution in [0.15, 0.2) is 48.5 Å². The molecule has 0 fully saturated rings. The second-order valence-corrected chi connectivity index (χ2v) is 8.98. The Morgan fingerprint density at radius 2 is 0.643 bits per heavy atom. The van der Waals surface area contributed by atoms with Gasteiger partial charge in [0.25, 0.3) is 0 Å². The molecule has 0 aliphatic carbocycles. The van der Waals surface area contributed by atoms with Crippen molar-refractivity contribution >= 4 is 32.9 Å². The second-order valence-electron chi connectivity index (χ2n) is 8.98. The molecule has 3 rings (SSSR count). The molecule has 0 saturated carbocycles. The summed E-state index contributed by atoms with van der Waals surface area (Å²) in [5, 5.41) is 5.41. The van der Waals surface area contributed by atoms with Gasteiger partial charge in [0.15, 0.2) is 0 Å². The van der Waals surface area contributed by atoms with Crippen LogP contribution >= 0.6 is 0 Å². The highest BCUT2D eigenvalue weighted by Gasteiger charge is 2.25. The number of rotatable bonds is 6. The molecule has 0 aliphatic heterocycles. The van der Waals surface area contributed by atoms with Crippen molar-refractivity contribution in [1.29, 1.82) is 0 Å². The lowest BCUT2D eigenvalue weighted by Gasteiger charge is -2.39. The lowest BCUT2D eigenvalue weighted by atomic mass is 9.94. The minimum atomic E-state index is 0.434. The van der Waals surface area contributed by atoms with Gasteiger partial charge in [-0.15, -0.1) is 0 Å². The van der Waals surface area contributed by atoms with Gasteiger partial charge >= 0.3 is 0 Å². The summed E-state index contributed by atoms with van der Waals surface area (Å²) in [7, 11) is 0. The highest BCUT2D eigenvalue weighted by molar-refractivity contribution is 6.20. The Balaban J connectivity index is 2.53. The van der Waals surface area contributed by atoms with Gasteiger partial charge in [-0.05, 0) is 55.4 Å². The summed E-state index contributed by atoms with van der Waals surface area (Å²) in [5.41, 5.74) is 2.74. The maximum atomic E-state index is 2.57. The first-order valence-corrected chi connectivity index (χ1v) is 10.8. The van der Waals surface area contributed by atoms with Crippen LogP contribution in [0.5, 0.6) is 0 Å². The van der Waals surface area contributed by atoms with Crippen LogP contribution in [-0.2, 0) is 0 Å². The van der Waals surface area contributed by atoms with Crippen LogP contribution < -0.4 is 9.80 Å². The van der Waals surface area contributed by atoms with Crippen molar-refractivity contribution < 1.29 is 0 Å². The molecule has 0 spiro atoms. The highest BCUT2D eigenvalue weighted by Crippen LogP contribution is 2.45. The van der Waals surface area contributed by atoms with Crippen LogP contribution in [0.3, 0.4) is 0 Å². The molecule has 2 heteroatoms. The minimum absolute atomic E-state index is 0.434. The Morgan fingerprint density at radius 3 is 0.821 bits per heavy atom. The van der Waals surface area contributed by atoms with Crippen LogP contribution in [0.4, 0.5) is 11.4 Å². The Hall–Kier alpha value is -2.22. The van der Waals surface area contributed by atoms with Gasteiger partial charge in [0.2, 0.25) is 0 Å². The van der Waals surface area contributed by atoms with Gasteiger partial charge in [-0.3, -0.25) is 0 Å². The first-order chi connectivity index (χ1) is 13.3. The number of anilines is 2. The van der Waals surface area contributed by atoms with E-state index in [0.29, 0.717) is 24.2 Å². The molecule has 2 nitrogen and oxygen atoms in total. The zero-order chi connectivity index (χ0) is 20.6. The normalized spacial score (nSPS) is 12.1. The van der Waals surface area contributed by atoms with E-state index in [1.807, 2.05) is 0 Å². The Bertz CT molecular complexity index is 802. The summed E-state index contributed by atoms with van der Waals surface area (Å²) in [6.07, 6.45) is 0. The average molecular weight is 377 g/mol. The van der Waals surface area contributed by atoms with Crippen molar-refractivity contribution in [3.05, 3.63) is 48.5 Å². The van der Waals surface area contributed by atoms with E-state index in [1.165, 1.54) is 32.9 Å². The Labute approximate surface area is 171 Å². The van der Waals surface area contributed by atoms with E-state index in [-0.39, 0.29) is 0 Å². The van der Waals surface area contributed by atoms with Gasteiger partial charge < -0.3 is 9.80 Å². The van der Waals surface area contributed by atoms with E-state index in [4.69, 9.17) is 0 Å². The molecular weight excluding hydrogens is 340 g/mol. The molecule has 0 radical (unpaired) electrons. The summed E-state index contributed by atoms with van der Waals surface area (Å²) < 4.78 is 0. The van der Waals surface area contributed by atoms with Crippen molar-refractivity contribution in [3.8, 4) is 0 Å². The maximum absolute atomic E-state index is 2.57. The van der Waals surface area contributed by atoms with Gasteiger partial charge in [0.05, 0.1) is 11.4 Å². The van der Waals surface area contributed by atoms with Crippen LogP contribution in [0.25, 0.3) is 21.5 Å². The number of hydrogen-bond donors (Lipinski definition) is 0. The summed E-state index contributed by atoms with van der Waals surface area (Å²) >= 11 is 0. The average Bonchev–Trinajstić information content (AvgIpc) is 2.62. The molecule has 0 unspecified atom stereocenters. The molecule has 150 valence electrons. The Morgan fingerprint density at radius 1 is 0.429 bits per heavy atom. The highest BCUT2D eigenvalue weighted by atomic mass is 15.2. The summed E-state index contributed by atoms with van der Waals surface area (Å²) in [4.78, 5) is 5.15.